The van der Waals surface area contributed by atoms with Crippen LogP contribution < -0.4 is 14.3 Å². The van der Waals surface area contributed by atoms with Gasteiger partial charge in [-0.3, -0.25) is 13.8 Å². The van der Waals surface area contributed by atoms with E-state index < -0.39 is 26.0 Å². The largest absolute Gasteiger partial charge is 0.322 e. The molecule has 0 heterocycles. The van der Waals surface area contributed by atoms with Crippen molar-refractivity contribution in [2.45, 2.75) is 9.79 Å². The number of carbonyl (C=O) groups excluding carboxylic acids is 1. The second-order valence-electron chi connectivity index (χ2n) is 7.99. The fourth-order valence-electron chi connectivity index (χ4n) is 3.52. The summed E-state index contributed by atoms with van der Waals surface area (Å²) in [5.74, 6) is -0.574. The molecule has 0 aliphatic heterocycles. The minimum atomic E-state index is -3.99. The molecular weight excluding hydrogens is 569 g/mol. The molecule has 8 nitrogen and oxygen atoms in total. The van der Waals surface area contributed by atoms with Gasteiger partial charge in [0, 0.05) is 12.7 Å². The van der Waals surface area contributed by atoms with Gasteiger partial charge in [-0.05, 0) is 60.7 Å². The van der Waals surface area contributed by atoms with Gasteiger partial charge >= 0.3 is 0 Å². The maximum Gasteiger partial charge on any atom is 0.264 e. The third-order valence-corrected chi connectivity index (χ3v) is 9.49. The molecule has 0 saturated carbocycles. The summed E-state index contributed by atoms with van der Waals surface area (Å²) in [6, 6.07) is 24.2. The molecule has 196 valence electrons. The Bertz CT molecular complexity index is 1700. The molecule has 38 heavy (non-hydrogen) atoms. The number of benzene rings is 4. The molecule has 0 bridgehead atoms. The summed E-state index contributed by atoms with van der Waals surface area (Å²) in [5.41, 5.74) is 0.722. The number of halogens is 2. The normalized spacial score (nSPS) is 11.6. The highest BCUT2D eigenvalue weighted by atomic mass is 35.5. The summed E-state index contributed by atoms with van der Waals surface area (Å²) in [6.45, 7) is 0. The fourth-order valence-corrected chi connectivity index (χ4v) is 6.23. The minimum absolute atomic E-state index is 0.0689. The summed E-state index contributed by atoms with van der Waals surface area (Å²) in [6.07, 6.45) is 0. The highest BCUT2D eigenvalue weighted by molar-refractivity contribution is 7.93. The van der Waals surface area contributed by atoms with E-state index in [1.54, 1.807) is 36.4 Å². The molecule has 0 aliphatic rings. The molecule has 0 saturated heterocycles. The quantitative estimate of drug-likeness (QED) is 0.267. The van der Waals surface area contributed by atoms with E-state index in [0.717, 1.165) is 4.31 Å². The Morgan fingerprint density at radius 1 is 0.737 bits per heavy atom. The zero-order valence-electron chi connectivity index (χ0n) is 19.8. The van der Waals surface area contributed by atoms with Crippen LogP contribution in [0.3, 0.4) is 0 Å². The van der Waals surface area contributed by atoms with Crippen molar-refractivity contribution in [3.05, 3.63) is 113 Å². The van der Waals surface area contributed by atoms with E-state index >= 15 is 0 Å². The Kier molecular flexibility index (Phi) is 7.98. The van der Waals surface area contributed by atoms with Gasteiger partial charge in [0.1, 0.15) is 0 Å². The van der Waals surface area contributed by atoms with Gasteiger partial charge in [-0.25, -0.2) is 16.8 Å². The van der Waals surface area contributed by atoms with Crippen LogP contribution in [0.4, 0.5) is 17.1 Å². The van der Waals surface area contributed by atoms with Gasteiger partial charge in [0.25, 0.3) is 26.0 Å². The number of carbonyl (C=O) groups is 1. The van der Waals surface area contributed by atoms with E-state index in [9.17, 15) is 21.6 Å². The smallest absolute Gasteiger partial charge is 0.264 e. The van der Waals surface area contributed by atoms with Crippen molar-refractivity contribution in [3.63, 3.8) is 0 Å². The van der Waals surface area contributed by atoms with Crippen LogP contribution in [0.15, 0.2) is 107 Å². The van der Waals surface area contributed by atoms with Crippen molar-refractivity contribution in [3.8, 4) is 0 Å². The van der Waals surface area contributed by atoms with Crippen molar-refractivity contribution in [1.29, 1.82) is 0 Å². The van der Waals surface area contributed by atoms with E-state index in [4.69, 9.17) is 23.2 Å². The highest BCUT2D eigenvalue weighted by Gasteiger charge is 2.25. The van der Waals surface area contributed by atoms with Crippen LogP contribution in [0.5, 0.6) is 0 Å². The molecule has 0 atom stereocenters. The van der Waals surface area contributed by atoms with Crippen LogP contribution in [-0.4, -0.2) is 29.8 Å². The highest BCUT2D eigenvalue weighted by Crippen LogP contribution is 2.31. The molecule has 12 heteroatoms. The molecule has 0 fully saturated rings. The first-order valence-corrected chi connectivity index (χ1v) is 14.7. The molecule has 0 aromatic heterocycles. The molecular formula is C26H21Cl2N3O5S2. The summed E-state index contributed by atoms with van der Waals surface area (Å²) in [4.78, 5) is 13.1. The average Bonchev–Trinajstić information content (AvgIpc) is 2.91. The van der Waals surface area contributed by atoms with E-state index in [2.05, 4.69) is 10.0 Å². The van der Waals surface area contributed by atoms with Crippen molar-refractivity contribution < 1.29 is 21.6 Å². The predicted molar refractivity (Wildman–Crippen MR) is 150 cm³/mol. The van der Waals surface area contributed by atoms with Crippen LogP contribution in [0.25, 0.3) is 0 Å². The molecule has 4 aromatic carbocycles. The van der Waals surface area contributed by atoms with Crippen molar-refractivity contribution in [1.82, 2.24) is 0 Å². The van der Waals surface area contributed by atoms with Gasteiger partial charge in [0.15, 0.2) is 0 Å². The second kappa shape index (κ2) is 11.0. The lowest BCUT2D eigenvalue weighted by Crippen LogP contribution is -2.29. The summed E-state index contributed by atoms with van der Waals surface area (Å²) in [5, 5.41) is 2.95. The van der Waals surface area contributed by atoms with Crippen molar-refractivity contribution in [2.24, 2.45) is 0 Å². The number of hydrogen-bond acceptors (Lipinski definition) is 5. The first kappa shape index (κ1) is 27.5. The lowest BCUT2D eigenvalue weighted by atomic mass is 10.1. The summed E-state index contributed by atoms with van der Waals surface area (Å²) < 4.78 is 55.2. The molecule has 4 rings (SSSR count). The van der Waals surface area contributed by atoms with Gasteiger partial charge in [0.2, 0.25) is 0 Å². The molecule has 2 N–H and O–H groups in total. The minimum Gasteiger partial charge on any atom is -0.322 e. The third-order valence-electron chi connectivity index (χ3n) is 5.51. The van der Waals surface area contributed by atoms with Gasteiger partial charge in [-0.2, -0.15) is 0 Å². The van der Waals surface area contributed by atoms with E-state index in [1.807, 2.05) is 0 Å². The topological polar surface area (TPSA) is 113 Å². The zero-order chi connectivity index (χ0) is 27.5. The molecule has 0 radical (unpaired) electrons. The van der Waals surface area contributed by atoms with Crippen molar-refractivity contribution in [2.75, 3.05) is 21.4 Å². The van der Waals surface area contributed by atoms with Gasteiger partial charge in [-0.1, -0.05) is 59.6 Å². The monoisotopic (exact) mass is 589 g/mol. The summed E-state index contributed by atoms with van der Waals surface area (Å²) >= 11 is 12.0. The Morgan fingerprint density at radius 3 is 2.05 bits per heavy atom. The molecule has 0 aliphatic carbocycles. The van der Waals surface area contributed by atoms with Crippen LogP contribution in [0, 0.1) is 0 Å². The van der Waals surface area contributed by atoms with Crippen LogP contribution in [0.1, 0.15) is 10.4 Å². The van der Waals surface area contributed by atoms with Gasteiger partial charge < -0.3 is 5.32 Å². The Morgan fingerprint density at radius 2 is 1.37 bits per heavy atom. The first-order chi connectivity index (χ1) is 18.0. The average molecular weight is 591 g/mol. The maximum atomic E-state index is 13.1. The van der Waals surface area contributed by atoms with Crippen LogP contribution >= 0.6 is 23.2 Å². The van der Waals surface area contributed by atoms with E-state index in [-0.39, 0.29) is 36.8 Å². The number of para-hydroxylation sites is 1. The van der Waals surface area contributed by atoms with Gasteiger partial charge in [-0.15, -0.1) is 0 Å². The lowest BCUT2D eigenvalue weighted by molar-refractivity contribution is 0.102. The molecule has 0 spiro atoms. The SMILES string of the molecule is CN(c1ccccc1C(=O)Nc1ccc(S(=O)(=O)Nc2cccc(Cl)c2Cl)cc1)S(=O)(=O)c1ccccc1. The molecule has 4 aromatic rings. The number of hydrogen-bond donors (Lipinski definition) is 2. The van der Waals surface area contributed by atoms with Crippen LogP contribution in [-0.2, 0) is 20.0 Å². The molecule has 0 unspecified atom stereocenters. The maximum absolute atomic E-state index is 13.1. The Hall–Kier alpha value is -3.57. The predicted octanol–water partition coefficient (Wildman–Crippen LogP) is 5.87. The number of anilines is 3. The number of nitrogens with zero attached hydrogens (tertiary/aromatic N) is 1. The third kappa shape index (κ3) is 5.78. The lowest BCUT2D eigenvalue weighted by Gasteiger charge is -2.22. The number of sulfonamides is 2. The fraction of sp³-hybridized carbons (Fsp3) is 0.0385. The second-order valence-corrected chi connectivity index (χ2v) is 12.4. The van der Waals surface area contributed by atoms with Gasteiger partial charge in [0.05, 0.1) is 36.8 Å². The number of amides is 1. The standard InChI is InChI=1S/C26H21Cl2N3O5S2/c1-31(38(35,36)20-8-3-2-4-9-20)24-13-6-5-10-21(24)26(32)29-18-14-16-19(17-15-18)37(33,34)30-23-12-7-11-22(27)25(23)28/h2-17,30H,1H3,(H,29,32). The first-order valence-electron chi connectivity index (χ1n) is 11.0. The summed E-state index contributed by atoms with van der Waals surface area (Å²) in [7, 11) is -6.53. The van der Waals surface area contributed by atoms with E-state index in [1.165, 1.54) is 67.7 Å². The number of rotatable bonds is 8. The molecule has 1 amide bonds. The van der Waals surface area contributed by atoms with E-state index in [0.29, 0.717) is 5.69 Å². The Balaban J connectivity index is 1.54. The van der Waals surface area contributed by atoms with Crippen LogP contribution in [0.2, 0.25) is 10.0 Å². The zero-order valence-corrected chi connectivity index (χ0v) is 22.9. The number of nitrogens with one attached hydrogen (secondary N) is 2. The Labute approximate surface area is 230 Å². The van der Waals surface area contributed by atoms with Crippen molar-refractivity contribution >= 4 is 66.2 Å².